The number of benzene rings is 2. The van der Waals surface area contributed by atoms with Crippen LogP contribution in [-0.4, -0.2) is 41.3 Å². The normalized spacial score (nSPS) is 18.2. The molecule has 0 radical (unpaired) electrons. The number of hydrogen-bond acceptors (Lipinski definition) is 6. The van der Waals surface area contributed by atoms with Crippen molar-refractivity contribution in [1.82, 2.24) is 15.5 Å². The molecule has 0 aliphatic carbocycles. The molecular formula is C27H33FN4O3. The Bertz CT molecular complexity index is 1140. The van der Waals surface area contributed by atoms with Gasteiger partial charge in [-0.15, -0.1) is 0 Å². The van der Waals surface area contributed by atoms with Crippen LogP contribution in [-0.2, 0) is 22.5 Å². The van der Waals surface area contributed by atoms with Crippen LogP contribution in [0.4, 0.5) is 10.1 Å². The molecule has 1 aliphatic rings. The van der Waals surface area contributed by atoms with Crippen LogP contribution in [0.5, 0.6) is 0 Å². The third-order valence-corrected chi connectivity index (χ3v) is 6.13. The molecule has 2 heterocycles. The standard InChI is InChI=1S/C27H33FN4O3/c1-17(2)21-6-8-22(9-7-21)27-30-26(35-31-27)12-11-25(33)29-14-20-5-10-24(23(28)13-20)32-15-18(3)34-19(4)16-32/h5-10,13,17-19H,11-12,14-16H2,1-4H3,(H,29,33). The van der Waals surface area contributed by atoms with E-state index >= 15 is 0 Å². The topological polar surface area (TPSA) is 80.5 Å². The number of ether oxygens (including phenoxy) is 1. The van der Waals surface area contributed by atoms with Crippen molar-refractivity contribution >= 4 is 11.6 Å². The van der Waals surface area contributed by atoms with Gasteiger partial charge in [0.05, 0.1) is 17.9 Å². The summed E-state index contributed by atoms with van der Waals surface area (Å²) in [5.41, 5.74) is 3.39. The largest absolute Gasteiger partial charge is 0.372 e. The van der Waals surface area contributed by atoms with E-state index in [9.17, 15) is 9.18 Å². The molecule has 8 heteroatoms. The van der Waals surface area contributed by atoms with Crippen molar-refractivity contribution < 1.29 is 18.4 Å². The lowest BCUT2D eigenvalue weighted by Crippen LogP contribution is -2.45. The summed E-state index contributed by atoms with van der Waals surface area (Å²) in [5, 5.41) is 6.86. The van der Waals surface area contributed by atoms with Crippen molar-refractivity contribution in [2.45, 2.75) is 65.2 Å². The molecule has 1 fully saturated rings. The molecular weight excluding hydrogens is 447 g/mol. The second kappa shape index (κ2) is 11.0. The van der Waals surface area contributed by atoms with Crippen LogP contribution in [0.2, 0.25) is 0 Å². The predicted octanol–water partition coefficient (Wildman–Crippen LogP) is 4.86. The van der Waals surface area contributed by atoms with E-state index in [0.717, 1.165) is 5.56 Å². The summed E-state index contributed by atoms with van der Waals surface area (Å²) in [6, 6.07) is 13.2. The molecule has 1 aliphatic heterocycles. The first-order valence-electron chi connectivity index (χ1n) is 12.2. The minimum Gasteiger partial charge on any atom is -0.372 e. The molecule has 7 nitrogen and oxygen atoms in total. The van der Waals surface area contributed by atoms with Gasteiger partial charge >= 0.3 is 0 Å². The van der Waals surface area contributed by atoms with Gasteiger partial charge in [-0.25, -0.2) is 4.39 Å². The van der Waals surface area contributed by atoms with E-state index in [1.54, 1.807) is 6.07 Å². The van der Waals surface area contributed by atoms with E-state index in [1.807, 2.05) is 36.9 Å². The Labute approximate surface area is 205 Å². The van der Waals surface area contributed by atoms with E-state index in [2.05, 4.69) is 41.4 Å². The number of rotatable bonds is 8. The average Bonchev–Trinajstić information content (AvgIpc) is 3.30. The maximum absolute atomic E-state index is 14.8. The van der Waals surface area contributed by atoms with Crippen molar-refractivity contribution in [3.8, 4) is 11.4 Å². The molecule has 0 spiro atoms. The summed E-state index contributed by atoms with van der Waals surface area (Å²) >= 11 is 0. The molecule has 186 valence electrons. The van der Waals surface area contributed by atoms with E-state index in [4.69, 9.17) is 9.26 Å². The van der Waals surface area contributed by atoms with Gasteiger partial charge in [0.2, 0.25) is 17.6 Å². The zero-order chi connectivity index (χ0) is 24.9. The van der Waals surface area contributed by atoms with Gasteiger partial charge in [-0.1, -0.05) is 49.3 Å². The number of carbonyl (C=O) groups excluding carboxylic acids is 1. The summed E-state index contributed by atoms with van der Waals surface area (Å²) in [6.45, 7) is 9.82. The van der Waals surface area contributed by atoms with Crippen molar-refractivity contribution in [3.05, 3.63) is 65.3 Å². The Balaban J connectivity index is 1.26. The molecule has 3 aromatic rings. The highest BCUT2D eigenvalue weighted by Crippen LogP contribution is 2.25. The highest BCUT2D eigenvalue weighted by atomic mass is 19.1. The Kier molecular flexibility index (Phi) is 7.80. The Hall–Kier alpha value is -3.26. The highest BCUT2D eigenvalue weighted by molar-refractivity contribution is 5.76. The van der Waals surface area contributed by atoms with E-state index in [-0.39, 0.29) is 36.9 Å². The lowest BCUT2D eigenvalue weighted by Gasteiger charge is -2.37. The molecule has 4 rings (SSSR count). The zero-order valence-corrected chi connectivity index (χ0v) is 20.8. The predicted molar refractivity (Wildman–Crippen MR) is 133 cm³/mol. The maximum atomic E-state index is 14.8. The van der Waals surface area contributed by atoms with Crippen molar-refractivity contribution in [2.75, 3.05) is 18.0 Å². The number of amides is 1. The first kappa shape index (κ1) is 24.9. The van der Waals surface area contributed by atoms with Gasteiger partial charge in [-0.2, -0.15) is 4.98 Å². The number of halogens is 1. The number of hydrogen-bond donors (Lipinski definition) is 1. The minimum atomic E-state index is -0.294. The van der Waals surface area contributed by atoms with Crippen molar-refractivity contribution in [2.24, 2.45) is 0 Å². The molecule has 2 atom stereocenters. The average molecular weight is 481 g/mol. The van der Waals surface area contributed by atoms with Crippen LogP contribution in [0.1, 0.15) is 57.1 Å². The molecule has 0 saturated carbocycles. The van der Waals surface area contributed by atoms with Crippen molar-refractivity contribution in [1.29, 1.82) is 0 Å². The highest BCUT2D eigenvalue weighted by Gasteiger charge is 2.24. The van der Waals surface area contributed by atoms with Gasteiger partial charge in [0.1, 0.15) is 5.82 Å². The third kappa shape index (κ3) is 6.45. The molecule has 1 saturated heterocycles. The van der Waals surface area contributed by atoms with Gasteiger partial charge < -0.3 is 19.5 Å². The lowest BCUT2D eigenvalue weighted by atomic mass is 10.0. The third-order valence-electron chi connectivity index (χ3n) is 6.13. The van der Waals surface area contributed by atoms with Gasteiger partial charge in [-0.05, 0) is 43.0 Å². The second-order valence-electron chi connectivity index (χ2n) is 9.51. The number of morpholine rings is 1. The number of anilines is 1. The van der Waals surface area contributed by atoms with Gasteiger partial charge in [0.15, 0.2) is 0 Å². The first-order chi connectivity index (χ1) is 16.8. The van der Waals surface area contributed by atoms with Crippen molar-refractivity contribution in [3.63, 3.8) is 0 Å². The summed E-state index contributed by atoms with van der Waals surface area (Å²) < 4.78 is 25.8. The van der Waals surface area contributed by atoms with Gasteiger partial charge in [0, 0.05) is 38.0 Å². The molecule has 1 amide bonds. The zero-order valence-electron chi connectivity index (χ0n) is 20.8. The molecule has 1 N–H and O–H groups in total. The fourth-order valence-corrected chi connectivity index (χ4v) is 4.29. The number of aryl methyl sites for hydroxylation is 1. The number of carbonyl (C=O) groups is 1. The summed E-state index contributed by atoms with van der Waals surface area (Å²) in [6.07, 6.45) is 0.650. The van der Waals surface area contributed by atoms with Crippen LogP contribution in [0.3, 0.4) is 0 Å². The van der Waals surface area contributed by atoms with E-state index in [1.165, 1.54) is 11.6 Å². The van der Waals surface area contributed by atoms with Crippen LogP contribution < -0.4 is 10.2 Å². The van der Waals surface area contributed by atoms with Crippen LogP contribution >= 0.6 is 0 Å². The smallest absolute Gasteiger partial charge is 0.227 e. The van der Waals surface area contributed by atoms with E-state index in [0.29, 0.717) is 48.4 Å². The number of nitrogens with zero attached hydrogens (tertiary/aromatic N) is 3. The first-order valence-corrected chi connectivity index (χ1v) is 12.2. The molecule has 2 unspecified atom stereocenters. The summed E-state index contributed by atoms with van der Waals surface area (Å²) in [4.78, 5) is 18.7. The Morgan fingerprint density at radius 1 is 1.14 bits per heavy atom. The molecule has 2 aromatic carbocycles. The number of aromatic nitrogens is 2. The van der Waals surface area contributed by atoms with Gasteiger partial charge in [-0.3, -0.25) is 4.79 Å². The van der Waals surface area contributed by atoms with Crippen LogP contribution in [0, 0.1) is 5.82 Å². The number of nitrogens with one attached hydrogen (secondary N) is 1. The fourth-order valence-electron chi connectivity index (χ4n) is 4.29. The summed E-state index contributed by atoms with van der Waals surface area (Å²) in [7, 11) is 0. The molecule has 0 bridgehead atoms. The Morgan fingerprint density at radius 2 is 1.86 bits per heavy atom. The Morgan fingerprint density at radius 3 is 2.51 bits per heavy atom. The SMILES string of the molecule is CC1CN(c2ccc(CNC(=O)CCc3nc(-c4ccc(C(C)C)cc4)no3)cc2F)CC(C)O1. The molecule has 35 heavy (non-hydrogen) atoms. The van der Waals surface area contributed by atoms with Crippen LogP contribution in [0.25, 0.3) is 11.4 Å². The van der Waals surface area contributed by atoms with Crippen LogP contribution in [0.15, 0.2) is 47.0 Å². The van der Waals surface area contributed by atoms with E-state index < -0.39 is 0 Å². The maximum Gasteiger partial charge on any atom is 0.227 e. The molecule has 1 aromatic heterocycles. The lowest BCUT2D eigenvalue weighted by molar-refractivity contribution is -0.121. The fraction of sp³-hybridized carbons (Fsp3) is 0.444. The quantitative estimate of drug-likeness (QED) is 0.496. The minimum absolute atomic E-state index is 0.0532. The monoisotopic (exact) mass is 480 g/mol. The summed E-state index contributed by atoms with van der Waals surface area (Å²) in [5.74, 6) is 0.919. The van der Waals surface area contributed by atoms with Gasteiger partial charge in [0.25, 0.3) is 0 Å². The second-order valence-corrected chi connectivity index (χ2v) is 9.51.